The number of hydrogen-bond donors (Lipinski definition) is 1. The molecule has 1 aliphatic heterocycles. The second-order valence-corrected chi connectivity index (χ2v) is 7.30. The van der Waals surface area contributed by atoms with Crippen molar-refractivity contribution in [3.63, 3.8) is 0 Å². The van der Waals surface area contributed by atoms with Gasteiger partial charge in [0.05, 0.1) is 18.8 Å². The Morgan fingerprint density at radius 1 is 1.38 bits per heavy atom. The summed E-state index contributed by atoms with van der Waals surface area (Å²) in [4.78, 5) is 0. The lowest BCUT2D eigenvalue weighted by Gasteiger charge is -2.20. The molecule has 1 aromatic carbocycles. The summed E-state index contributed by atoms with van der Waals surface area (Å²) in [5.41, 5.74) is 9.18. The molecule has 1 aliphatic rings. The average Bonchev–Trinajstić information content (AvgIpc) is 2.94. The van der Waals surface area contributed by atoms with Crippen LogP contribution in [0.5, 0.6) is 5.75 Å². The zero-order chi connectivity index (χ0) is 15.2. The van der Waals surface area contributed by atoms with Crippen molar-refractivity contribution in [1.82, 2.24) is 15.0 Å². The summed E-state index contributed by atoms with van der Waals surface area (Å²) < 4.78 is 8.71. The number of nitrogen functional groups attached to an aromatic ring is 1. The Morgan fingerprint density at radius 2 is 2.14 bits per heavy atom. The minimum absolute atomic E-state index is 0.108. The highest BCUT2D eigenvalue weighted by molar-refractivity contribution is 9.10. The Morgan fingerprint density at radius 3 is 2.86 bits per heavy atom. The summed E-state index contributed by atoms with van der Waals surface area (Å²) in [6.07, 6.45) is 0.952. The van der Waals surface area contributed by atoms with E-state index in [1.165, 1.54) is 5.56 Å². The molecule has 0 fully saturated rings. The van der Waals surface area contributed by atoms with Gasteiger partial charge in [0.15, 0.2) is 5.82 Å². The molecule has 0 aliphatic carbocycles. The van der Waals surface area contributed by atoms with Gasteiger partial charge in [-0.3, -0.25) is 0 Å². The fraction of sp³-hybridized carbons (Fsp3) is 0.467. The third-order valence-electron chi connectivity index (χ3n) is 3.62. The largest absolute Gasteiger partial charge is 0.493 e. The molecule has 3 rings (SSSR count). The first kappa shape index (κ1) is 14.4. The lowest BCUT2D eigenvalue weighted by molar-refractivity contribution is 0.351. The monoisotopic (exact) mass is 350 g/mol. The van der Waals surface area contributed by atoms with Crippen LogP contribution in [0.2, 0.25) is 0 Å². The molecule has 6 heteroatoms. The number of nitrogens with two attached hydrogens (primary N) is 1. The van der Waals surface area contributed by atoms with E-state index < -0.39 is 0 Å². The minimum atomic E-state index is -0.108. The fourth-order valence-corrected chi connectivity index (χ4v) is 3.39. The van der Waals surface area contributed by atoms with Crippen LogP contribution in [0.1, 0.15) is 37.6 Å². The van der Waals surface area contributed by atoms with Gasteiger partial charge in [-0.25, -0.2) is 4.68 Å². The summed E-state index contributed by atoms with van der Waals surface area (Å²) in [6.45, 7) is 7.68. The number of hydrogen-bond acceptors (Lipinski definition) is 4. The SMILES string of the molecule is CC(C)(C)c1c(N)nnn1Cc1cc(Br)cc2c1OCC2. The van der Waals surface area contributed by atoms with E-state index in [9.17, 15) is 0 Å². The van der Waals surface area contributed by atoms with Gasteiger partial charge in [-0.1, -0.05) is 41.9 Å². The first-order valence-corrected chi connectivity index (χ1v) is 7.79. The van der Waals surface area contributed by atoms with Gasteiger partial charge in [-0.05, 0) is 17.7 Å². The topological polar surface area (TPSA) is 66.0 Å². The van der Waals surface area contributed by atoms with Crippen LogP contribution in [0.4, 0.5) is 5.82 Å². The van der Waals surface area contributed by atoms with E-state index in [4.69, 9.17) is 10.5 Å². The first-order valence-electron chi connectivity index (χ1n) is 7.00. The summed E-state index contributed by atoms with van der Waals surface area (Å²) in [7, 11) is 0. The van der Waals surface area contributed by atoms with Crippen LogP contribution in [0.3, 0.4) is 0 Å². The Labute approximate surface area is 132 Å². The lowest BCUT2D eigenvalue weighted by Crippen LogP contribution is -2.20. The summed E-state index contributed by atoms with van der Waals surface area (Å²) in [6, 6.07) is 4.20. The van der Waals surface area contributed by atoms with Gasteiger partial charge < -0.3 is 10.5 Å². The summed E-state index contributed by atoms with van der Waals surface area (Å²) >= 11 is 3.57. The Hall–Kier alpha value is -1.56. The van der Waals surface area contributed by atoms with E-state index in [2.05, 4.69) is 59.1 Å². The van der Waals surface area contributed by atoms with Crippen LogP contribution in [-0.2, 0) is 18.4 Å². The van der Waals surface area contributed by atoms with Gasteiger partial charge in [0.25, 0.3) is 0 Å². The van der Waals surface area contributed by atoms with Gasteiger partial charge in [-0.15, -0.1) is 5.10 Å². The van der Waals surface area contributed by atoms with Crippen molar-refractivity contribution in [2.45, 2.75) is 39.2 Å². The van der Waals surface area contributed by atoms with Crippen molar-refractivity contribution in [2.24, 2.45) is 0 Å². The highest BCUT2D eigenvalue weighted by atomic mass is 79.9. The Balaban J connectivity index is 2.03. The van der Waals surface area contributed by atoms with Gasteiger partial charge in [0.2, 0.25) is 0 Å². The van der Waals surface area contributed by atoms with E-state index in [-0.39, 0.29) is 5.41 Å². The standard InChI is InChI=1S/C15H19BrN4O/c1-15(2,3)13-14(17)18-19-20(13)8-10-7-11(16)6-9-4-5-21-12(9)10/h6-7H,4-5,8,17H2,1-3H3. The molecule has 5 nitrogen and oxygen atoms in total. The fourth-order valence-electron chi connectivity index (χ4n) is 2.83. The maximum absolute atomic E-state index is 5.99. The van der Waals surface area contributed by atoms with Gasteiger partial charge >= 0.3 is 0 Å². The molecule has 0 amide bonds. The summed E-state index contributed by atoms with van der Waals surface area (Å²) in [5.74, 6) is 1.47. The minimum Gasteiger partial charge on any atom is -0.493 e. The van der Waals surface area contributed by atoms with E-state index in [1.807, 2.05) is 4.68 Å². The molecule has 2 aromatic rings. The van der Waals surface area contributed by atoms with Crippen LogP contribution < -0.4 is 10.5 Å². The number of ether oxygens (including phenoxy) is 1. The van der Waals surface area contributed by atoms with Crippen LogP contribution in [0.15, 0.2) is 16.6 Å². The molecule has 2 N–H and O–H groups in total. The van der Waals surface area contributed by atoms with Crippen LogP contribution in [-0.4, -0.2) is 21.6 Å². The van der Waals surface area contributed by atoms with Crippen molar-refractivity contribution in [3.05, 3.63) is 33.4 Å². The molecule has 0 saturated heterocycles. The van der Waals surface area contributed by atoms with Crippen LogP contribution in [0, 0.1) is 0 Å². The predicted octanol–water partition coefficient (Wildman–Crippen LogP) is 2.90. The molecule has 0 spiro atoms. The van der Waals surface area contributed by atoms with E-state index >= 15 is 0 Å². The van der Waals surface area contributed by atoms with Crippen molar-refractivity contribution >= 4 is 21.7 Å². The Bertz CT molecular complexity index is 688. The molecule has 0 atom stereocenters. The number of aromatic nitrogens is 3. The van der Waals surface area contributed by atoms with Gasteiger partial charge in [0, 0.05) is 21.9 Å². The zero-order valence-corrected chi connectivity index (χ0v) is 14.1. The number of anilines is 1. The first-order chi connectivity index (χ1) is 9.86. The van der Waals surface area contributed by atoms with E-state index in [0.29, 0.717) is 12.4 Å². The molecule has 1 aromatic heterocycles. The normalized spacial score (nSPS) is 14.1. The molecule has 0 unspecified atom stereocenters. The molecular formula is C15H19BrN4O. The number of benzene rings is 1. The zero-order valence-electron chi connectivity index (χ0n) is 12.5. The van der Waals surface area contributed by atoms with Crippen LogP contribution >= 0.6 is 15.9 Å². The second-order valence-electron chi connectivity index (χ2n) is 6.38. The van der Waals surface area contributed by atoms with E-state index in [1.54, 1.807) is 0 Å². The average molecular weight is 351 g/mol. The van der Waals surface area contributed by atoms with Gasteiger partial charge in [0.1, 0.15) is 5.75 Å². The van der Waals surface area contributed by atoms with E-state index in [0.717, 1.165) is 34.5 Å². The number of nitrogens with zero attached hydrogens (tertiary/aromatic N) is 3. The molecule has 0 saturated carbocycles. The predicted molar refractivity (Wildman–Crippen MR) is 85.6 cm³/mol. The quantitative estimate of drug-likeness (QED) is 0.904. The number of rotatable bonds is 2. The van der Waals surface area contributed by atoms with Crippen molar-refractivity contribution in [1.29, 1.82) is 0 Å². The van der Waals surface area contributed by atoms with Crippen molar-refractivity contribution < 1.29 is 4.74 Å². The highest BCUT2D eigenvalue weighted by Crippen LogP contribution is 2.34. The second kappa shape index (κ2) is 5.02. The molecule has 2 heterocycles. The molecule has 0 radical (unpaired) electrons. The molecular weight excluding hydrogens is 332 g/mol. The maximum atomic E-state index is 5.99. The smallest absolute Gasteiger partial charge is 0.169 e. The van der Waals surface area contributed by atoms with Crippen LogP contribution in [0.25, 0.3) is 0 Å². The number of halogens is 1. The third kappa shape index (κ3) is 2.64. The molecule has 21 heavy (non-hydrogen) atoms. The van der Waals surface area contributed by atoms with Crippen molar-refractivity contribution in [3.8, 4) is 5.75 Å². The Kier molecular flexibility index (Phi) is 3.43. The summed E-state index contributed by atoms with van der Waals surface area (Å²) in [5, 5.41) is 8.24. The molecule has 112 valence electrons. The lowest BCUT2D eigenvalue weighted by atomic mass is 9.91. The maximum Gasteiger partial charge on any atom is 0.169 e. The third-order valence-corrected chi connectivity index (χ3v) is 4.07. The number of fused-ring (bicyclic) bond motifs is 1. The van der Waals surface area contributed by atoms with Crippen molar-refractivity contribution in [2.75, 3.05) is 12.3 Å². The van der Waals surface area contributed by atoms with Gasteiger partial charge in [-0.2, -0.15) is 0 Å². The highest BCUT2D eigenvalue weighted by Gasteiger charge is 2.25. The molecule has 0 bridgehead atoms.